The first-order chi connectivity index (χ1) is 12.2. The van der Waals surface area contributed by atoms with E-state index in [0.717, 1.165) is 55.4 Å². The molecule has 1 aromatic heterocycles. The van der Waals surface area contributed by atoms with Gasteiger partial charge in [-0.15, -0.1) is 0 Å². The second-order valence-electron chi connectivity index (χ2n) is 6.82. The molecule has 4 nitrogen and oxygen atoms in total. The van der Waals surface area contributed by atoms with Crippen molar-refractivity contribution < 1.29 is 0 Å². The van der Waals surface area contributed by atoms with Crippen molar-refractivity contribution in [1.29, 1.82) is 0 Å². The molecule has 0 aliphatic carbocycles. The zero-order valence-electron chi connectivity index (χ0n) is 14.5. The molecule has 1 aromatic carbocycles. The SMILES string of the molecule is CN1CCSCC1c1nc(Cl)c2c(n1)CCN(Cc1ccccc1)C2. The van der Waals surface area contributed by atoms with Crippen molar-refractivity contribution in [3.8, 4) is 0 Å². The van der Waals surface area contributed by atoms with Crippen LogP contribution in [0.5, 0.6) is 0 Å². The molecule has 3 heterocycles. The predicted molar refractivity (Wildman–Crippen MR) is 104 cm³/mol. The molecule has 0 radical (unpaired) electrons. The van der Waals surface area contributed by atoms with Gasteiger partial charge in [0.05, 0.1) is 11.7 Å². The van der Waals surface area contributed by atoms with Gasteiger partial charge in [0.1, 0.15) is 11.0 Å². The van der Waals surface area contributed by atoms with Gasteiger partial charge in [0.25, 0.3) is 0 Å². The summed E-state index contributed by atoms with van der Waals surface area (Å²) in [6.45, 7) is 3.88. The molecule has 1 unspecified atom stereocenters. The Morgan fingerprint density at radius 1 is 1.20 bits per heavy atom. The lowest BCUT2D eigenvalue weighted by molar-refractivity contribution is 0.239. The second kappa shape index (κ2) is 7.62. The highest BCUT2D eigenvalue weighted by atomic mass is 35.5. The molecule has 132 valence electrons. The standard InChI is InChI=1S/C19H23ClN4S/c1-23-9-10-25-13-17(23)19-21-16-7-8-24(12-15(16)18(20)22-19)11-14-5-3-2-4-6-14/h2-6,17H,7-13H2,1H3. The molecule has 0 bridgehead atoms. The number of halogens is 1. The van der Waals surface area contributed by atoms with Gasteiger partial charge in [-0.05, 0) is 12.6 Å². The topological polar surface area (TPSA) is 32.3 Å². The molecule has 2 aliphatic heterocycles. The van der Waals surface area contributed by atoms with Gasteiger partial charge in [0.2, 0.25) is 0 Å². The molecule has 1 atom stereocenters. The highest BCUT2D eigenvalue weighted by Gasteiger charge is 2.27. The van der Waals surface area contributed by atoms with E-state index in [9.17, 15) is 0 Å². The van der Waals surface area contributed by atoms with E-state index in [-0.39, 0.29) is 6.04 Å². The van der Waals surface area contributed by atoms with Crippen molar-refractivity contribution in [2.75, 3.05) is 31.6 Å². The van der Waals surface area contributed by atoms with Crippen LogP contribution in [0.15, 0.2) is 30.3 Å². The lowest BCUT2D eigenvalue weighted by atomic mass is 10.1. The first-order valence-corrected chi connectivity index (χ1v) is 10.3. The van der Waals surface area contributed by atoms with E-state index in [1.54, 1.807) is 0 Å². The quantitative estimate of drug-likeness (QED) is 0.769. The number of thioether (sulfide) groups is 1. The third kappa shape index (κ3) is 3.85. The van der Waals surface area contributed by atoms with Crippen molar-refractivity contribution in [3.05, 3.63) is 58.1 Å². The number of rotatable bonds is 3. The van der Waals surface area contributed by atoms with Crippen LogP contribution < -0.4 is 0 Å². The number of fused-ring (bicyclic) bond motifs is 1. The summed E-state index contributed by atoms with van der Waals surface area (Å²) in [7, 11) is 2.16. The molecule has 0 N–H and O–H groups in total. The largest absolute Gasteiger partial charge is 0.295 e. The Balaban J connectivity index is 1.53. The van der Waals surface area contributed by atoms with E-state index in [1.807, 2.05) is 11.8 Å². The highest BCUT2D eigenvalue weighted by Crippen LogP contribution is 2.30. The summed E-state index contributed by atoms with van der Waals surface area (Å²) >= 11 is 8.55. The number of hydrogen-bond donors (Lipinski definition) is 0. The van der Waals surface area contributed by atoms with Crippen molar-refractivity contribution in [2.45, 2.75) is 25.6 Å². The molecule has 4 rings (SSSR count). The summed E-state index contributed by atoms with van der Waals surface area (Å²) < 4.78 is 0. The van der Waals surface area contributed by atoms with Gasteiger partial charge < -0.3 is 0 Å². The Kier molecular flexibility index (Phi) is 5.27. The smallest absolute Gasteiger partial charge is 0.148 e. The van der Waals surface area contributed by atoms with Crippen LogP contribution >= 0.6 is 23.4 Å². The molecule has 0 spiro atoms. The van der Waals surface area contributed by atoms with E-state index in [1.165, 1.54) is 11.3 Å². The van der Waals surface area contributed by atoms with Crippen LogP contribution in [0.25, 0.3) is 0 Å². The summed E-state index contributed by atoms with van der Waals surface area (Å²) in [5, 5.41) is 0.640. The lowest BCUT2D eigenvalue weighted by Crippen LogP contribution is -2.35. The predicted octanol–water partition coefficient (Wildman–Crippen LogP) is 3.41. The fourth-order valence-electron chi connectivity index (χ4n) is 3.53. The van der Waals surface area contributed by atoms with Crippen LogP contribution in [0.1, 0.15) is 28.7 Å². The normalized spacial score (nSPS) is 21.9. The maximum absolute atomic E-state index is 6.58. The van der Waals surface area contributed by atoms with Crippen molar-refractivity contribution in [2.24, 2.45) is 0 Å². The van der Waals surface area contributed by atoms with Crippen LogP contribution in [-0.2, 0) is 19.5 Å². The van der Waals surface area contributed by atoms with Crippen LogP contribution in [0, 0.1) is 0 Å². The van der Waals surface area contributed by atoms with Gasteiger partial charge in [0.15, 0.2) is 0 Å². The molecule has 6 heteroatoms. The summed E-state index contributed by atoms with van der Waals surface area (Å²) in [6, 6.07) is 10.9. The van der Waals surface area contributed by atoms with Crippen molar-refractivity contribution in [1.82, 2.24) is 19.8 Å². The molecule has 2 aromatic rings. The van der Waals surface area contributed by atoms with Crippen molar-refractivity contribution >= 4 is 23.4 Å². The Morgan fingerprint density at radius 2 is 2.04 bits per heavy atom. The van der Waals surface area contributed by atoms with Gasteiger partial charge in [-0.1, -0.05) is 41.9 Å². The highest BCUT2D eigenvalue weighted by molar-refractivity contribution is 7.99. The number of benzene rings is 1. The average molecular weight is 375 g/mol. The van der Waals surface area contributed by atoms with E-state index in [2.05, 4.69) is 52.2 Å². The maximum Gasteiger partial charge on any atom is 0.148 e. The first kappa shape index (κ1) is 17.3. The fraction of sp³-hybridized carbons (Fsp3) is 0.474. The number of nitrogens with zero attached hydrogens (tertiary/aromatic N) is 4. The number of aromatic nitrogens is 2. The second-order valence-corrected chi connectivity index (χ2v) is 8.32. The minimum Gasteiger partial charge on any atom is -0.295 e. The molecule has 0 saturated carbocycles. The van der Waals surface area contributed by atoms with Crippen LogP contribution in [0.3, 0.4) is 0 Å². The summed E-state index contributed by atoms with van der Waals surface area (Å²) in [6.07, 6.45) is 0.945. The van der Waals surface area contributed by atoms with Gasteiger partial charge in [-0.2, -0.15) is 11.8 Å². The molecule has 25 heavy (non-hydrogen) atoms. The zero-order chi connectivity index (χ0) is 17.2. The summed E-state index contributed by atoms with van der Waals surface area (Å²) in [5.74, 6) is 3.13. The van der Waals surface area contributed by atoms with E-state index >= 15 is 0 Å². The minimum absolute atomic E-state index is 0.281. The Bertz CT molecular complexity index is 740. The molecular weight excluding hydrogens is 352 g/mol. The molecular formula is C19H23ClN4S. The van der Waals surface area contributed by atoms with Gasteiger partial charge in [-0.3, -0.25) is 9.80 Å². The van der Waals surface area contributed by atoms with Crippen LogP contribution in [0.4, 0.5) is 0 Å². The Labute approximate surface area is 158 Å². The van der Waals surface area contributed by atoms with Gasteiger partial charge >= 0.3 is 0 Å². The number of hydrogen-bond acceptors (Lipinski definition) is 5. The molecule has 1 saturated heterocycles. The molecule has 0 amide bonds. The van der Waals surface area contributed by atoms with Crippen molar-refractivity contribution in [3.63, 3.8) is 0 Å². The Morgan fingerprint density at radius 3 is 2.84 bits per heavy atom. The zero-order valence-corrected chi connectivity index (χ0v) is 16.1. The van der Waals surface area contributed by atoms with E-state index in [4.69, 9.17) is 16.6 Å². The monoisotopic (exact) mass is 374 g/mol. The first-order valence-electron chi connectivity index (χ1n) is 8.80. The third-order valence-corrected chi connectivity index (χ3v) is 6.38. The van der Waals surface area contributed by atoms with E-state index in [0.29, 0.717) is 5.15 Å². The maximum atomic E-state index is 6.58. The molecule has 2 aliphatic rings. The minimum atomic E-state index is 0.281. The van der Waals surface area contributed by atoms with E-state index < -0.39 is 0 Å². The summed E-state index contributed by atoms with van der Waals surface area (Å²) in [4.78, 5) is 14.4. The molecule has 1 fully saturated rings. The lowest BCUT2D eigenvalue weighted by Gasteiger charge is -2.33. The van der Waals surface area contributed by atoms with Crippen LogP contribution in [-0.4, -0.2) is 51.4 Å². The van der Waals surface area contributed by atoms with Gasteiger partial charge in [-0.25, -0.2) is 9.97 Å². The van der Waals surface area contributed by atoms with Crippen LogP contribution in [0.2, 0.25) is 5.15 Å². The summed E-state index contributed by atoms with van der Waals surface area (Å²) in [5.41, 5.74) is 3.59. The fourth-order valence-corrected chi connectivity index (χ4v) is 5.00. The average Bonchev–Trinajstić information content (AvgIpc) is 2.63. The third-order valence-electron chi connectivity index (χ3n) is 5.05. The Hall–Kier alpha value is -1.14. The van der Waals surface area contributed by atoms with Gasteiger partial charge in [0, 0.05) is 49.7 Å².